The second-order valence-electron chi connectivity index (χ2n) is 14.4. The van der Waals surface area contributed by atoms with E-state index in [1.807, 2.05) is 42.5 Å². The predicted octanol–water partition coefficient (Wildman–Crippen LogP) is 6.29. The van der Waals surface area contributed by atoms with Crippen molar-refractivity contribution in [2.24, 2.45) is 11.8 Å². The molecule has 2 amide bonds. The van der Waals surface area contributed by atoms with Crippen molar-refractivity contribution >= 4 is 52.8 Å². The highest BCUT2D eigenvalue weighted by Crippen LogP contribution is 2.48. The Morgan fingerprint density at radius 3 is 2.25 bits per heavy atom. The summed E-state index contributed by atoms with van der Waals surface area (Å²) in [6.45, 7) is -0.946. The molecule has 59 heavy (non-hydrogen) atoms. The minimum atomic E-state index is -4.64. The lowest BCUT2D eigenvalue weighted by Gasteiger charge is -2.19. The number of aromatic nitrogens is 3. The number of Topliss-reactive ketones (excluding diaryl/α,β-unsaturated/α-hetero) is 1. The van der Waals surface area contributed by atoms with Crippen molar-refractivity contribution in [3.05, 3.63) is 101 Å². The van der Waals surface area contributed by atoms with Gasteiger partial charge in [0, 0.05) is 29.2 Å². The molecule has 3 aromatic carbocycles. The molecule has 1 unspecified atom stereocenters. The van der Waals surface area contributed by atoms with E-state index in [0.29, 0.717) is 42.7 Å². The molecule has 2 saturated carbocycles. The van der Waals surface area contributed by atoms with Gasteiger partial charge in [0.2, 0.25) is 17.7 Å². The lowest BCUT2D eigenvalue weighted by molar-refractivity contribution is -0.154. The molecule has 1 aromatic heterocycles. The highest BCUT2D eigenvalue weighted by molar-refractivity contribution is 6.36. The third-order valence-electron chi connectivity index (χ3n) is 9.82. The van der Waals surface area contributed by atoms with Gasteiger partial charge in [0.05, 0.1) is 25.9 Å². The number of benzene rings is 3. The largest absolute Gasteiger partial charge is 0.467 e. The van der Waals surface area contributed by atoms with Crippen LogP contribution in [0.1, 0.15) is 60.0 Å². The van der Waals surface area contributed by atoms with Crippen molar-refractivity contribution in [2.75, 3.05) is 37.5 Å². The minimum absolute atomic E-state index is 0.0240. The van der Waals surface area contributed by atoms with Gasteiger partial charge in [-0.3, -0.25) is 14.4 Å². The topological polar surface area (TPSA) is 183 Å². The van der Waals surface area contributed by atoms with Crippen LogP contribution >= 0.6 is 11.6 Å². The maximum atomic E-state index is 13.2. The summed E-state index contributed by atoms with van der Waals surface area (Å²) in [6, 6.07) is 21.0. The number of hydrogen-bond donors (Lipinski definition) is 4. The summed E-state index contributed by atoms with van der Waals surface area (Å²) < 4.78 is 54.5. The first kappa shape index (κ1) is 42.8. The van der Waals surface area contributed by atoms with E-state index in [0.717, 1.165) is 31.1 Å². The molecule has 2 fully saturated rings. The van der Waals surface area contributed by atoms with Crippen LogP contribution in [0.5, 0.6) is 6.01 Å². The monoisotopic (exact) mass is 837 g/mol. The Labute approximate surface area is 343 Å². The quantitative estimate of drug-likeness (QED) is 0.0545. The van der Waals surface area contributed by atoms with Gasteiger partial charge in [-0.2, -0.15) is 28.1 Å². The van der Waals surface area contributed by atoms with Gasteiger partial charge in [-0.15, -0.1) is 0 Å². The molecule has 1 heterocycles. The molecule has 0 radical (unpaired) electrons. The second kappa shape index (κ2) is 19.3. The zero-order valence-electron chi connectivity index (χ0n) is 32.0. The summed E-state index contributed by atoms with van der Waals surface area (Å²) >= 11 is 6.04. The first-order valence-corrected chi connectivity index (χ1v) is 19.4. The van der Waals surface area contributed by atoms with Crippen LogP contribution in [0, 0.1) is 11.8 Å². The molecular weight excluding hydrogens is 795 g/mol. The van der Waals surface area contributed by atoms with Crippen LogP contribution in [-0.4, -0.2) is 77.6 Å². The Kier molecular flexibility index (Phi) is 14.0. The van der Waals surface area contributed by atoms with Crippen LogP contribution in [0.3, 0.4) is 0 Å². The van der Waals surface area contributed by atoms with E-state index in [-0.39, 0.29) is 42.8 Å². The zero-order valence-corrected chi connectivity index (χ0v) is 32.8. The maximum Gasteiger partial charge on any atom is 0.422 e. The number of anilines is 3. The highest BCUT2D eigenvalue weighted by Gasteiger charge is 2.45. The number of halogens is 4. The summed E-state index contributed by atoms with van der Waals surface area (Å²) in [6.07, 6.45) is -1.28. The van der Waals surface area contributed by atoms with Crippen molar-refractivity contribution in [1.29, 1.82) is 0 Å². The molecule has 0 bridgehead atoms. The van der Waals surface area contributed by atoms with E-state index in [1.54, 1.807) is 12.1 Å². The number of ether oxygens (including phenoxy) is 3. The molecule has 0 saturated heterocycles. The number of nitrogens with zero attached hydrogens (tertiary/aromatic N) is 3. The third kappa shape index (κ3) is 12.8. The van der Waals surface area contributed by atoms with Gasteiger partial charge in [0.25, 0.3) is 11.8 Å². The molecule has 6 rings (SSSR count). The molecule has 14 nitrogen and oxygen atoms in total. The Morgan fingerprint density at radius 2 is 1.61 bits per heavy atom. The standard InChI is InChI=1S/C41H43ClF3N7O7/c1-57-36(56)32(17-20-46-35(55)33(53)21-28(26-7-8-26)23-58-22-25-5-3-2-4-6-25)48-34(54)27-9-15-31(16-10-27)47-37-49-38(51-39(50-37)59-24-41(43,44)45)52-40(18-19-40)29-11-13-30(42)14-12-29/h2-6,9-16,26,28,32H,7-8,17-24H2,1H3,(H,46,55)(H,48,54)(H2,47,49,50,51,52)/t28?,32-/m0/s1. The number of amides is 2. The van der Waals surface area contributed by atoms with Crippen molar-refractivity contribution < 1.29 is 46.6 Å². The number of methoxy groups -OCH3 is 1. The van der Waals surface area contributed by atoms with Crippen molar-refractivity contribution in [3.8, 4) is 6.01 Å². The van der Waals surface area contributed by atoms with E-state index >= 15 is 0 Å². The highest BCUT2D eigenvalue weighted by atomic mass is 35.5. The number of carbonyl (C=O) groups is 4. The summed E-state index contributed by atoms with van der Waals surface area (Å²) in [5.74, 6) is -2.67. The molecular formula is C41H43ClF3N7O7. The molecule has 312 valence electrons. The van der Waals surface area contributed by atoms with Crippen molar-refractivity contribution in [1.82, 2.24) is 25.6 Å². The minimum Gasteiger partial charge on any atom is -0.467 e. The normalized spacial score (nSPS) is 15.3. The van der Waals surface area contributed by atoms with Gasteiger partial charge >= 0.3 is 18.2 Å². The van der Waals surface area contributed by atoms with Gasteiger partial charge in [0.1, 0.15) is 6.04 Å². The maximum absolute atomic E-state index is 13.2. The molecule has 0 spiro atoms. The molecule has 0 aliphatic heterocycles. The molecule has 2 atom stereocenters. The average molecular weight is 838 g/mol. The van der Waals surface area contributed by atoms with Gasteiger partial charge in [-0.25, -0.2) is 4.79 Å². The summed E-state index contributed by atoms with van der Waals surface area (Å²) in [5, 5.41) is 11.8. The second-order valence-corrected chi connectivity index (χ2v) is 14.8. The smallest absolute Gasteiger partial charge is 0.422 e. The van der Waals surface area contributed by atoms with E-state index < -0.39 is 53.9 Å². The third-order valence-corrected chi connectivity index (χ3v) is 10.1. The van der Waals surface area contributed by atoms with E-state index in [4.69, 9.17) is 25.8 Å². The molecule has 4 aromatic rings. The first-order chi connectivity index (χ1) is 28.3. The Hall–Kier alpha value is -5.81. The van der Waals surface area contributed by atoms with E-state index in [9.17, 15) is 32.3 Å². The van der Waals surface area contributed by atoms with Crippen LogP contribution < -0.4 is 26.0 Å². The van der Waals surface area contributed by atoms with Gasteiger partial charge in [0.15, 0.2) is 6.61 Å². The van der Waals surface area contributed by atoms with Crippen molar-refractivity contribution in [2.45, 2.75) is 62.9 Å². The zero-order chi connectivity index (χ0) is 42.0. The number of carbonyl (C=O) groups excluding carboxylic acids is 4. The summed E-state index contributed by atoms with van der Waals surface area (Å²) in [7, 11) is 1.16. The lowest BCUT2D eigenvalue weighted by atomic mass is 9.97. The first-order valence-electron chi connectivity index (χ1n) is 19.0. The summed E-state index contributed by atoms with van der Waals surface area (Å²) in [4.78, 5) is 63.7. The van der Waals surface area contributed by atoms with E-state index in [1.165, 1.54) is 24.3 Å². The van der Waals surface area contributed by atoms with E-state index in [2.05, 4.69) is 36.2 Å². The fourth-order valence-electron chi connectivity index (χ4n) is 6.33. The number of ketones is 1. The molecule has 18 heteroatoms. The average Bonchev–Trinajstić information content (AvgIpc) is 4.17. The number of rotatable bonds is 21. The van der Waals surface area contributed by atoms with Crippen LogP contribution in [0.25, 0.3) is 0 Å². The van der Waals surface area contributed by atoms with Gasteiger partial charge < -0.3 is 35.5 Å². The number of esters is 1. The number of alkyl halides is 3. The van der Waals surface area contributed by atoms with Crippen molar-refractivity contribution in [3.63, 3.8) is 0 Å². The molecule has 2 aliphatic carbocycles. The Bertz CT molecular complexity index is 2090. The Morgan fingerprint density at radius 1 is 0.915 bits per heavy atom. The van der Waals surface area contributed by atoms with Crippen LogP contribution in [0.15, 0.2) is 78.9 Å². The van der Waals surface area contributed by atoms with Gasteiger partial charge in [-0.05, 0) is 91.5 Å². The fourth-order valence-corrected chi connectivity index (χ4v) is 6.46. The number of hydrogen-bond acceptors (Lipinski definition) is 12. The fraction of sp³-hybridized carbons (Fsp3) is 0.390. The Balaban J connectivity index is 1.02. The van der Waals surface area contributed by atoms with Crippen LogP contribution in [-0.2, 0) is 36.0 Å². The van der Waals surface area contributed by atoms with Gasteiger partial charge in [-0.1, -0.05) is 54.1 Å². The van der Waals surface area contributed by atoms with Crippen LogP contribution in [0.2, 0.25) is 5.02 Å². The SMILES string of the molecule is COC(=O)[C@H](CCNC(=O)C(=O)CC(COCc1ccccc1)C1CC1)NC(=O)c1ccc(Nc2nc(NC3(c4ccc(Cl)cc4)CC3)nc(OCC(F)(F)F)n2)cc1. The summed E-state index contributed by atoms with van der Waals surface area (Å²) in [5.41, 5.74) is 1.87. The van der Waals surface area contributed by atoms with Crippen LogP contribution in [0.4, 0.5) is 30.8 Å². The lowest BCUT2D eigenvalue weighted by Crippen LogP contribution is -2.44. The molecule has 4 N–H and O–H groups in total. The molecule has 2 aliphatic rings. The predicted molar refractivity (Wildman–Crippen MR) is 210 cm³/mol. The number of nitrogens with one attached hydrogen (secondary N) is 4.